The second-order valence-corrected chi connectivity index (χ2v) is 4.78. The van der Waals surface area contributed by atoms with Gasteiger partial charge in [0.15, 0.2) is 0 Å². The molecule has 2 aromatic carbocycles. The maximum atomic E-state index is 14.0. The summed E-state index contributed by atoms with van der Waals surface area (Å²) in [7, 11) is 0. The molecular weight excluding hydrogens is 225 g/mol. The zero-order valence-electron chi connectivity index (χ0n) is 11.0. The zero-order valence-corrected chi connectivity index (χ0v) is 11.0. The van der Waals surface area contributed by atoms with Crippen LogP contribution in [-0.2, 0) is 6.54 Å². The third kappa shape index (κ3) is 2.29. The molecule has 1 nitrogen and oxygen atoms in total. The molecular formula is C16H18FN. The van der Waals surface area contributed by atoms with Gasteiger partial charge >= 0.3 is 0 Å². The molecule has 0 amide bonds. The predicted molar refractivity (Wildman–Crippen MR) is 73.9 cm³/mol. The first-order valence-electron chi connectivity index (χ1n) is 6.09. The fraction of sp³-hybridized carbons (Fsp3) is 0.250. The van der Waals surface area contributed by atoms with Crippen molar-refractivity contribution in [2.45, 2.75) is 27.3 Å². The molecule has 0 heterocycles. The van der Waals surface area contributed by atoms with Gasteiger partial charge in [-0.25, -0.2) is 4.39 Å². The van der Waals surface area contributed by atoms with Crippen LogP contribution in [0.4, 0.5) is 4.39 Å². The minimum absolute atomic E-state index is 0.172. The van der Waals surface area contributed by atoms with Crippen molar-refractivity contribution in [2.75, 3.05) is 0 Å². The van der Waals surface area contributed by atoms with Crippen molar-refractivity contribution in [3.05, 3.63) is 58.4 Å². The Morgan fingerprint density at radius 3 is 2.11 bits per heavy atom. The van der Waals surface area contributed by atoms with Gasteiger partial charge in [0.25, 0.3) is 0 Å². The number of halogens is 1. The zero-order chi connectivity index (χ0) is 13.3. The van der Waals surface area contributed by atoms with Crippen molar-refractivity contribution >= 4 is 0 Å². The largest absolute Gasteiger partial charge is 0.326 e. The summed E-state index contributed by atoms with van der Waals surface area (Å²) in [5.74, 6) is -0.172. The Labute approximate surface area is 107 Å². The van der Waals surface area contributed by atoms with Crippen LogP contribution in [0.2, 0.25) is 0 Å². The molecule has 0 atom stereocenters. The first-order valence-corrected chi connectivity index (χ1v) is 6.09. The van der Waals surface area contributed by atoms with E-state index in [2.05, 4.69) is 0 Å². The van der Waals surface area contributed by atoms with E-state index >= 15 is 0 Å². The highest BCUT2D eigenvalue weighted by Crippen LogP contribution is 2.27. The van der Waals surface area contributed by atoms with E-state index < -0.39 is 0 Å². The lowest BCUT2D eigenvalue weighted by Gasteiger charge is -2.12. The van der Waals surface area contributed by atoms with Crippen LogP contribution in [0.25, 0.3) is 11.1 Å². The summed E-state index contributed by atoms with van der Waals surface area (Å²) in [6.07, 6.45) is 0. The van der Waals surface area contributed by atoms with Crippen LogP contribution in [0.3, 0.4) is 0 Å². The molecule has 0 aliphatic carbocycles. The molecule has 94 valence electrons. The first-order chi connectivity index (χ1) is 8.52. The second kappa shape index (κ2) is 4.91. The Kier molecular flexibility index (Phi) is 3.48. The van der Waals surface area contributed by atoms with Crippen LogP contribution in [0.1, 0.15) is 22.3 Å². The molecule has 0 aliphatic heterocycles. The highest BCUT2D eigenvalue weighted by atomic mass is 19.1. The number of hydrogen-bond acceptors (Lipinski definition) is 1. The number of aryl methyl sites for hydroxylation is 3. The molecule has 18 heavy (non-hydrogen) atoms. The van der Waals surface area contributed by atoms with Gasteiger partial charge in [0.1, 0.15) is 5.82 Å². The van der Waals surface area contributed by atoms with Crippen molar-refractivity contribution in [3.8, 4) is 11.1 Å². The summed E-state index contributed by atoms with van der Waals surface area (Å²) in [6, 6.07) is 9.34. The minimum atomic E-state index is -0.172. The second-order valence-electron chi connectivity index (χ2n) is 4.78. The quantitative estimate of drug-likeness (QED) is 0.851. The Morgan fingerprint density at radius 1 is 1.00 bits per heavy atom. The van der Waals surface area contributed by atoms with E-state index in [-0.39, 0.29) is 5.82 Å². The van der Waals surface area contributed by atoms with Crippen LogP contribution in [0.15, 0.2) is 30.3 Å². The Bertz CT molecular complexity index is 565. The van der Waals surface area contributed by atoms with Gasteiger partial charge in [-0.2, -0.15) is 0 Å². The number of benzene rings is 2. The normalized spacial score (nSPS) is 10.7. The molecule has 0 saturated heterocycles. The SMILES string of the molecule is Cc1ccc(-c2cc(C)c(CN)c(C)c2)c(F)c1. The van der Waals surface area contributed by atoms with E-state index in [4.69, 9.17) is 5.73 Å². The average Bonchev–Trinajstić information content (AvgIpc) is 2.28. The van der Waals surface area contributed by atoms with Crippen molar-refractivity contribution in [1.29, 1.82) is 0 Å². The van der Waals surface area contributed by atoms with E-state index in [1.54, 1.807) is 6.07 Å². The lowest BCUT2D eigenvalue weighted by atomic mass is 9.95. The minimum Gasteiger partial charge on any atom is -0.326 e. The van der Waals surface area contributed by atoms with Crippen molar-refractivity contribution in [2.24, 2.45) is 5.73 Å². The van der Waals surface area contributed by atoms with Crippen LogP contribution < -0.4 is 5.73 Å². The Balaban J connectivity index is 2.58. The van der Waals surface area contributed by atoms with Crippen LogP contribution in [0.5, 0.6) is 0 Å². The maximum absolute atomic E-state index is 14.0. The summed E-state index contributed by atoms with van der Waals surface area (Å²) >= 11 is 0. The van der Waals surface area contributed by atoms with E-state index in [1.165, 1.54) is 0 Å². The lowest BCUT2D eigenvalue weighted by molar-refractivity contribution is 0.630. The van der Waals surface area contributed by atoms with Crippen LogP contribution >= 0.6 is 0 Å². The third-order valence-corrected chi connectivity index (χ3v) is 3.34. The first kappa shape index (κ1) is 12.8. The Morgan fingerprint density at radius 2 is 1.61 bits per heavy atom. The van der Waals surface area contributed by atoms with Gasteiger partial charge in [0, 0.05) is 12.1 Å². The molecule has 2 heteroatoms. The third-order valence-electron chi connectivity index (χ3n) is 3.34. The molecule has 2 aromatic rings. The van der Waals surface area contributed by atoms with E-state index in [0.717, 1.165) is 27.8 Å². The van der Waals surface area contributed by atoms with Gasteiger partial charge < -0.3 is 5.73 Å². The molecule has 0 fully saturated rings. The van der Waals surface area contributed by atoms with E-state index in [0.29, 0.717) is 12.1 Å². The van der Waals surface area contributed by atoms with E-state index in [1.807, 2.05) is 45.0 Å². The van der Waals surface area contributed by atoms with Crippen molar-refractivity contribution in [1.82, 2.24) is 0 Å². The summed E-state index contributed by atoms with van der Waals surface area (Å²) in [5, 5.41) is 0. The molecule has 0 spiro atoms. The predicted octanol–water partition coefficient (Wildman–Crippen LogP) is 3.88. The number of nitrogens with two attached hydrogens (primary N) is 1. The standard InChI is InChI=1S/C16H18FN/c1-10-4-5-14(16(17)6-10)13-7-11(2)15(9-18)12(3)8-13/h4-8H,9,18H2,1-3H3. The topological polar surface area (TPSA) is 26.0 Å². The summed E-state index contributed by atoms with van der Waals surface area (Å²) in [4.78, 5) is 0. The monoisotopic (exact) mass is 243 g/mol. The number of hydrogen-bond donors (Lipinski definition) is 1. The van der Waals surface area contributed by atoms with Gasteiger partial charge in [-0.15, -0.1) is 0 Å². The van der Waals surface area contributed by atoms with Gasteiger partial charge in [-0.3, -0.25) is 0 Å². The van der Waals surface area contributed by atoms with Gasteiger partial charge in [0.2, 0.25) is 0 Å². The highest BCUT2D eigenvalue weighted by molar-refractivity contribution is 5.67. The molecule has 0 aliphatic rings. The molecule has 0 bridgehead atoms. The van der Waals surface area contributed by atoms with Crippen molar-refractivity contribution in [3.63, 3.8) is 0 Å². The molecule has 0 saturated carbocycles. The smallest absolute Gasteiger partial charge is 0.131 e. The maximum Gasteiger partial charge on any atom is 0.131 e. The van der Waals surface area contributed by atoms with Gasteiger partial charge in [-0.05, 0) is 54.7 Å². The van der Waals surface area contributed by atoms with Gasteiger partial charge in [-0.1, -0.05) is 24.3 Å². The Hall–Kier alpha value is -1.67. The molecule has 2 rings (SSSR count). The number of rotatable bonds is 2. The average molecular weight is 243 g/mol. The van der Waals surface area contributed by atoms with E-state index in [9.17, 15) is 4.39 Å². The molecule has 2 N–H and O–H groups in total. The van der Waals surface area contributed by atoms with Crippen LogP contribution in [0, 0.1) is 26.6 Å². The molecule has 0 radical (unpaired) electrons. The highest BCUT2D eigenvalue weighted by Gasteiger charge is 2.09. The van der Waals surface area contributed by atoms with Gasteiger partial charge in [0.05, 0.1) is 0 Å². The summed E-state index contributed by atoms with van der Waals surface area (Å²) < 4.78 is 14.0. The fourth-order valence-corrected chi connectivity index (χ4v) is 2.33. The van der Waals surface area contributed by atoms with Crippen molar-refractivity contribution < 1.29 is 4.39 Å². The molecule has 0 aromatic heterocycles. The summed E-state index contributed by atoms with van der Waals surface area (Å²) in [6.45, 7) is 6.45. The lowest BCUT2D eigenvalue weighted by Crippen LogP contribution is -2.02. The molecule has 0 unspecified atom stereocenters. The summed E-state index contributed by atoms with van der Waals surface area (Å²) in [5.41, 5.74) is 11.6. The van der Waals surface area contributed by atoms with Crippen LogP contribution in [-0.4, -0.2) is 0 Å². The fourth-order valence-electron chi connectivity index (χ4n) is 2.33.